The Kier molecular flexibility index (Phi) is 4.56. The Labute approximate surface area is 138 Å². The zero-order valence-electron chi connectivity index (χ0n) is 13.2. The lowest BCUT2D eigenvalue weighted by atomic mass is 10.1. The van der Waals surface area contributed by atoms with Crippen molar-refractivity contribution in [1.29, 1.82) is 0 Å². The summed E-state index contributed by atoms with van der Waals surface area (Å²) in [5.41, 5.74) is 1.41. The second kappa shape index (κ2) is 6.95. The smallest absolute Gasteiger partial charge is 0.290 e. The molecule has 6 nitrogen and oxygen atoms in total. The summed E-state index contributed by atoms with van der Waals surface area (Å²) in [6.45, 7) is 2.07. The zero-order chi connectivity index (χ0) is 16.9. The van der Waals surface area contributed by atoms with Crippen LogP contribution in [0.5, 0.6) is 0 Å². The van der Waals surface area contributed by atoms with Crippen molar-refractivity contribution in [2.24, 2.45) is 0 Å². The molecule has 0 bridgehead atoms. The second-order valence-corrected chi connectivity index (χ2v) is 5.46. The molecule has 1 aromatic carbocycles. The van der Waals surface area contributed by atoms with E-state index in [4.69, 9.17) is 4.52 Å². The molecule has 0 aliphatic heterocycles. The monoisotopic (exact) mass is 323 g/mol. The molecule has 1 amide bonds. The van der Waals surface area contributed by atoms with E-state index in [1.165, 1.54) is 6.07 Å². The maximum Gasteiger partial charge on any atom is 0.290 e. The van der Waals surface area contributed by atoms with Crippen LogP contribution < -0.4 is 10.9 Å². The lowest BCUT2D eigenvalue weighted by Gasteiger charge is -2.19. The van der Waals surface area contributed by atoms with E-state index in [1.807, 2.05) is 30.3 Å². The molecule has 0 aliphatic carbocycles. The van der Waals surface area contributed by atoms with Crippen LogP contribution in [-0.2, 0) is 6.54 Å². The molecule has 122 valence electrons. The van der Waals surface area contributed by atoms with E-state index < -0.39 is 0 Å². The Morgan fingerprint density at radius 2 is 1.96 bits per heavy atom. The number of pyridine rings is 1. The summed E-state index contributed by atoms with van der Waals surface area (Å²) < 4.78 is 6.57. The van der Waals surface area contributed by atoms with Crippen molar-refractivity contribution in [3.8, 4) is 0 Å². The van der Waals surface area contributed by atoms with Crippen LogP contribution >= 0.6 is 0 Å². The molecular weight excluding hydrogens is 306 g/mol. The number of aryl methyl sites for hydroxylation is 1. The summed E-state index contributed by atoms with van der Waals surface area (Å²) in [6, 6.07) is 15.7. The maximum absolute atomic E-state index is 12.4. The summed E-state index contributed by atoms with van der Waals surface area (Å²) in [4.78, 5) is 24.4. The highest BCUT2D eigenvalue weighted by Crippen LogP contribution is 2.15. The molecule has 3 aromatic rings. The number of carbonyl (C=O) groups is 1. The Morgan fingerprint density at radius 1 is 1.21 bits per heavy atom. The Hall–Kier alpha value is -3.15. The second-order valence-electron chi connectivity index (χ2n) is 5.46. The first-order valence-corrected chi connectivity index (χ1v) is 7.58. The van der Waals surface area contributed by atoms with E-state index in [9.17, 15) is 9.59 Å². The molecule has 0 radical (unpaired) electrons. The number of rotatable bonds is 5. The SMILES string of the molecule is Cc1cc(C(=O)N[C@@H](Cn2ccccc2=O)c2ccccc2)on1. The Morgan fingerprint density at radius 3 is 2.62 bits per heavy atom. The van der Waals surface area contributed by atoms with Crippen LogP contribution in [0.2, 0.25) is 0 Å². The number of hydrogen-bond donors (Lipinski definition) is 1. The van der Waals surface area contributed by atoms with Crippen LogP contribution in [0, 0.1) is 6.92 Å². The van der Waals surface area contributed by atoms with E-state index in [0.29, 0.717) is 12.2 Å². The summed E-state index contributed by atoms with van der Waals surface area (Å²) in [5, 5.41) is 6.63. The third-order valence-electron chi connectivity index (χ3n) is 3.64. The van der Waals surface area contributed by atoms with Crippen LogP contribution in [0.25, 0.3) is 0 Å². The van der Waals surface area contributed by atoms with Gasteiger partial charge in [-0.3, -0.25) is 9.59 Å². The van der Waals surface area contributed by atoms with Gasteiger partial charge in [0.2, 0.25) is 5.76 Å². The predicted octanol–water partition coefficient (Wildman–Crippen LogP) is 2.32. The van der Waals surface area contributed by atoms with E-state index in [1.54, 1.807) is 35.9 Å². The summed E-state index contributed by atoms with van der Waals surface area (Å²) in [5.74, 6) is -0.220. The quantitative estimate of drug-likeness (QED) is 0.781. The number of amides is 1. The molecule has 2 heterocycles. The minimum absolute atomic E-state index is 0.122. The standard InChI is InChI=1S/C18H17N3O3/c1-13-11-16(24-20-13)18(23)19-15(14-7-3-2-4-8-14)12-21-10-6-5-9-17(21)22/h2-11,15H,12H2,1H3,(H,19,23)/t15-/m0/s1. The molecule has 1 N–H and O–H groups in total. The fourth-order valence-corrected chi connectivity index (χ4v) is 2.43. The first-order chi connectivity index (χ1) is 11.6. The van der Waals surface area contributed by atoms with E-state index in [0.717, 1.165) is 5.56 Å². The van der Waals surface area contributed by atoms with Gasteiger partial charge in [0, 0.05) is 18.3 Å². The number of benzene rings is 1. The molecule has 0 aliphatic rings. The van der Waals surface area contributed by atoms with Gasteiger partial charge in [-0.25, -0.2) is 0 Å². The van der Waals surface area contributed by atoms with Crippen LogP contribution in [0.15, 0.2) is 70.1 Å². The molecule has 0 spiro atoms. The Balaban J connectivity index is 1.87. The van der Waals surface area contributed by atoms with Gasteiger partial charge in [0.25, 0.3) is 11.5 Å². The summed E-state index contributed by atoms with van der Waals surface area (Å²) in [6.07, 6.45) is 1.70. The largest absolute Gasteiger partial charge is 0.351 e. The minimum atomic E-state index is -0.371. The van der Waals surface area contributed by atoms with Crippen LogP contribution in [0.3, 0.4) is 0 Å². The molecule has 3 rings (SSSR count). The van der Waals surface area contributed by atoms with Gasteiger partial charge in [0.05, 0.1) is 18.3 Å². The molecule has 0 saturated carbocycles. The lowest BCUT2D eigenvalue weighted by molar-refractivity contribution is 0.0895. The third-order valence-corrected chi connectivity index (χ3v) is 3.64. The van der Waals surface area contributed by atoms with Gasteiger partial charge in [0.1, 0.15) is 0 Å². The van der Waals surface area contributed by atoms with Crippen molar-refractivity contribution < 1.29 is 9.32 Å². The van der Waals surface area contributed by atoms with E-state index >= 15 is 0 Å². The number of nitrogens with zero attached hydrogens (tertiary/aromatic N) is 2. The third kappa shape index (κ3) is 3.60. The molecule has 2 aromatic heterocycles. The van der Waals surface area contributed by atoms with Gasteiger partial charge in [0.15, 0.2) is 0 Å². The number of aromatic nitrogens is 2. The van der Waals surface area contributed by atoms with E-state index in [2.05, 4.69) is 10.5 Å². The van der Waals surface area contributed by atoms with Gasteiger partial charge in [-0.05, 0) is 18.6 Å². The Bertz CT molecular complexity index is 884. The topological polar surface area (TPSA) is 77.1 Å². The van der Waals surface area contributed by atoms with Crippen molar-refractivity contribution >= 4 is 5.91 Å². The molecule has 24 heavy (non-hydrogen) atoms. The van der Waals surface area contributed by atoms with Gasteiger partial charge < -0.3 is 14.4 Å². The lowest BCUT2D eigenvalue weighted by Crippen LogP contribution is -2.33. The molecule has 6 heteroatoms. The van der Waals surface area contributed by atoms with Gasteiger partial charge >= 0.3 is 0 Å². The normalized spacial score (nSPS) is 11.9. The van der Waals surface area contributed by atoms with Crippen molar-refractivity contribution in [3.63, 3.8) is 0 Å². The van der Waals surface area contributed by atoms with Gasteiger partial charge in [-0.1, -0.05) is 41.6 Å². The highest BCUT2D eigenvalue weighted by molar-refractivity contribution is 5.91. The number of hydrogen-bond acceptors (Lipinski definition) is 4. The molecule has 0 unspecified atom stereocenters. The fourth-order valence-electron chi connectivity index (χ4n) is 2.43. The highest BCUT2D eigenvalue weighted by atomic mass is 16.5. The van der Waals surface area contributed by atoms with Crippen molar-refractivity contribution in [3.05, 3.63) is 88.2 Å². The van der Waals surface area contributed by atoms with Crippen LogP contribution in [0.4, 0.5) is 0 Å². The first kappa shape index (κ1) is 15.7. The average Bonchev–Trinajstić information content (AvgIpc) is 3.03. The van der Waals surface area contributed by atoms with Crippen LogP contribution in [0.1, 0.15) is 27.9 Å². The van der Waals surface area contributed by atoms with Crippen molar-refractivity contribution in [1.82, 2.24) is 15.0 Å². The summed E-state index contributed by atoms with van der Waals surface area (Å²) >= 11 is 0. The van der Waals surface area contributed by atoms with Crippen molar-refractivity contribution in [2.75, 3.05) is 0 Å². The minimum Gasteiger partial charge on any atom is -0.351 e. The first-order valence-electron chi connectivity index (χ1n) is 7.58. The van der Waals surface area contributed by atoms with Crippen molar-refractivity contribution in [2.45, 2.75) is 19.5 Å². The number of carbonyl (C=O) groups excluding carboxylic acids is 1. The zero-order valence-corrected chi connectivity index (χ0v) is 13.2. The molecule has 0 saturated heterocycles. The maximum atomic E-state index is 12.4. The molecule has 0 fully saturated rings. The van der Waals surface area contributed by atoms with Gasteiger partial charge in [-0.2, -0.15) is 0 Å². The summed E-state index contributed by atoms with van der Waals surface area (Å²) in [7, 11) is 0. The van der Waals surface area contributed by atoms with Gasteiger partial charge in [-0.15, -0.1) is 0 Å². The fraction of sp³-hybridized carbons (Fsp3) is 0.167. The average molecular weight is 323 g/mol. The predicted molar refractivity (Wildman–Crippen MR) is 88.6 cm³/mol. The molecule has 1 atom stereocenters. The highest BCUT2D eigenvalue weighted by Gasteiger charge is 2.19. The number of nitrogens with one attached hydrogen (secondary N) is 1. The van der Waals surface area contributed by atoms with Crippen LogP contribution in [-0.4, -0.2) is 15.6 Å². The molecular formula is C18H17N3O3. The van der Waals surface area contributed by atoms with E-state index in [-0.39, 0.29) is 23.3 Å².